The molecule has 2 rings (SSSR count). The van der Waals surface area contributed by atoms with Crippen LogP contribution in [0.25, 0.3) is 0 Å². The Hall–Kier alpha value is -0.970. The van der Waals surface area contributed by atoms with Crippen LogP contribution in [0.4, 0.5) is 8.78 Å². The zero-order valence-electron chi connectivity index (χ0n) is 10.8. The third-order valence-electron chi connectivity index (χ3n) is 3.13. The predicted molar refractivity (Wildman–Crippen MR) is 81.0 cm³/mol. The average molecular weight is 361 g/mol. The van der Waals surface area contributed by atoms with Crippen LogP contribution in [-0.4, -0.2) is 7.05 Å². The maximum atomic E-state index is 13.2. The Balaban J connectivity index is 2.26. The maximum absolute atomic E-state index is 13.2. The van der Waals surface area contributed by atoms with E-state index in [4.69, 9.17) is 11.6 Å². The van der Waals surface area contributed by atoms with E-state index in [1.807, 2.05) is 7.05 Å². The van der Waals surface area contributed by atoms with E-state index < -0.39 is 5.82 Å². The molecule has 0 heterocycles. The zero-order chi connectivity index (χ0) is 14.7. The Morgan fingerprint density at radius 2 is 1.95 bits per heavy atom. The lowest BCUT2D eigenvalue weighted by atomic mass is 9.99. The quantitative estimate of drug-likeness (QED) is 0.819. The maximum Gasteiger partial charge on any atom is 0.141 e. The van der Waals surface area contributed by atoms with Crippen molar-refractivity contribution in [2.45, 2.75) is 12.5 Å². The molecule has 0 saturated heterocycles. The average Bonchev–Trinajstić information content (AvgIpc) is 2.41. The molecule has 2 aromatic rings. The Morgan fingerprint density at radius 1 is 1.20 bits per heavy atom. The van der Waals surface area contributed by atoms with Gasteiger partial charge in [-0.25, -0.2) is 8.78 Å². The molecule has 106 valence electrons. The molecule has 1 atom stereocenters. The third kappa shape index (κ3) is 3.57. The highest BCUT2D eigenvalue weighted by molar-refractivity contribution is 9.10. The van der Waals surface area contributed by atoms with Gasteiger partial charge >= 0.3 is 0 Å². The second kappa shape index (κ2) is 6.66. The summed E-state index contributed by atoms with van der Waals surface area (Å²) < 4.78 is 27.0. The number of hydrogen-bond acceptors (Lipinski definition) is 1. The molecule has 1 unspecified atom stereocenters. The first-order valence-corrected chi connectivity index (χ1v) is 7.24. The van der Waals surface area contributed by atoms with Gasteiger partial charge in [0.15, 0.2) is 0 Å². The van der Waals surface area contributed by atoms with Crippen LogP contribution in [0.2, 0.25) is 5.02 Å². The third-order valence-corrected chi connectivity index (χ3v) is 4.16. The van der Waals surface area contributed by atoms with Gasteiger partial charge in [0, 0.05) is 10.5 Å². The van der Waals surface area contributed by atoms with Gasteiger partial charge in [0.1, 0.15) is 11.6 Å². The molecule has 0 spiro atoms. The van der Waals surface area contributed by atoms with Gasteiger partial charge in [-0.3, -0.25) is 0 Å². The molecule has 0 saturated carbocycles. The molecule has 0 fully saturated rings. The lowest BCUT2D eigenvalue weighted by Crippen LogP contribution is -2.19. The van der Waals surface area contributed by atoms with E-state index in [9.17, 15) is 8.78 Å². The summed E-state index contributed by atoms with van der Waals surface area (Å²) in [6.45, 7) is 0. The van der Waals surface area contributed by atoms with Crippen molar-refractivity contribution in [1.29, 1.82) is 0 Å². The molecule has 2 aromatic carbocycles. The highest BCUT2D eigenvalue weighted by Gasteiger charge is 2.14. The Kier molecular flexibility index (Phi) is 5.13. The SMILES string of the molecule is CNC(Cc1ccc(F)cc1Br)c1ccc(F)c(Cl)c1. The molecule has 0 amide bonds. The highest BCUT2D eigenvalue weighted by atomic mass is 79.9. The molecule has 5 heteroatoms. The van der Waals surface area contributed by atoms with E-state index in [1.54, 1.807) is 18.2 Å². The fourth-order valence-corrected chi connectivity index (χ4v) is 2.72. The summed E-state index contributed by atoms with van der Waals surface area (Å²) in [4.78, 5) is 0. The van der Waals surface area contributed by atoms with Crippen molar-refractivity contribution in [3.8, 4) is 0 Å². The first-order chi connectivity index (χ1) is 9.51. The lowest BCUT2D eigenvalue weighted by molar-refractivity contribution is 0.582. The van der Waals surface area contributed by atoms with Crippen LogP contribution >= 0.6 is 27.5 Å². The van der Waals surface area contributed by atoms with Crippen LogP contribution in [0.3, 0.4) is 0 Å². The normalized spacial score (nSPS) is 12.4. The molecule has 1 N–H and O–H groups in total. The largest absolute Gasteiger partial charge is 0.313 e. The summed E-state index contributed by atoms with van der Waals surface area (Å²) in [5.41, 5.74) is 1.85. The van der Waals surface area contributed by atoms with Crippen LogP contribution in [0.1, 0.15) is 17.2 Å². The molecule has 0 radical (unpaired) electrons. The van der Waals surface area contributed by atoms with E-state index in [0.717, 1.165) is 11.1 Å². The summed E-state index contributed by atoms with van der Waals surface area (Å²) in [6, 6.07) is 9.20. The minimum atomic E-state index is -0.437. The van der Waals surface area contributed by atoms with Crippen molar-refractivity contribution in [3.05, 3.63) is 68.7 Å². The first-order valence-electron chi connectivity index (χ1n) is 6.07. The van der Waals surface area contributed by atoms with Crippen molar-refractivity contribution in [2.24, 2.45) is 0 Å². The minimum absolute atomic E-state index is 0.0325. The fourth-order valence-electron chi connectivity index (χ4n) is 2.02. The van der Waals surface area contributed by atoms with E-state index >= 15 is 0 Å². The Morgan fingerprint density at radius 3 is 2.55 bits per heavy atom. The van der Waals surface area contributed by atoms with Gasteiger partial charge in [-0.1, -0.05) is 39.7 Å². The van der Waals surface area contributed by atoms with Gasteiger partial charge in [0.2, 0.25) is 0 Å². The molecule has 0 aliphatic carbocycles. The minimum Gasteiger partial charge on any atom is -0.313 e. The summed E-state index contributed by atoms with van der Waals surface area (Å²) >= 11 is 9.16. The number of hydrogen-bond donors (Lipinski definition) is 1. The van der Waals surface area contributed by atoms with Crippen molar-refractivity contribution < 1.29 is 8.78 Å². The summed E-state index contributed by atoms with van der Waals surface area (Å²) in [5.74, 6) is -0.723. The molecule has 0 aliphatic heterocycles. The molecular formula is C15H13BrClF2N. The molecule has 1 nitrogen and oxygen atoms in total. The van der Waals surface area contributed by atoms with Crippen LogP contribution in [0, 0.1) is 11.6 Å². The van der Waals surface area contributed by atoms with Crippen LogP contribution in [-0.2, 0) is 6.42 Å². The van der Waals surface area contributed by atoms with Gasteiger partial charge in [-0.05, 0) is 48.9 Å². The molecule has 0 bridgehead atoms. The van der Waals surface area contributed by atoms with Gasteiger partial charge in [0.25, 0.3) is 0 Å². The Bertz CT molecular complexity index is 619. The second-order valence-corrected chi connectivity index (χ2v) is 5.72. The number of nitrogens with one attached hydrogen (secondary N) is 1. The Labute approximate surface area is 130 Å². The van der Waals surface area contributed by atoms with Gasteiger partial charge in [-0.15, -0.1) is 0 Å². The number of likely N-dealkylation sites (N-methyl/N-ethyl adjacent to an activating group) is 1. The number of rotatable bonds is 4. The summed E-state index contributed by atoms with van der Waals surface area (Å²) in [7, 11) is 1.82. The fraction of sp³-hybridized carbons (Fsp3) is 0.200. The summed E-state index contributed by atoms with van der Waals surface area (Å²) in [6.07, 6.45) is 0.638. The van der Waals surface area contributed by atoms with Crippen molar-refractivity contribution >= 4 is 27.5 Å². The van der Waals surface area contributed by atoms with Crippen LogP contribution < -0.4 is 5.32 Å². The van der Waals surface area contributed by atoms with Crippen molar-refractivity contribution in [1.82, 2.24) is 5.32 Å². The lowest BCUT2D eigenvalue weighted by Gasteiger charge is -2.18. The molecule has 0 aromatic heterocycles. The first kappa shape index (κ1) is 15.4. The van der Waals surface area contributed by atoms with Crippen molar-refractivity contribution in [2.75, 3.05) is 7.05 Å². The van der Waals surface area contributed by atoms with Crippen molar-refractivity contribution in [3.63, 3.8) is 0 Å². The van der Waals surface area contributed by atoms with E-state index in [2.05, 4.69) is 21.2 Å². The molecular weight excluding hydrogens is 348 g/mol. The topological polar surface area (TPSA) is 12.0 Å². The predicted octanol–water partition coefficient (Wildman–Crippen LogP) is 4.88. The van der Waals surface area contributed by atoms with Crippen LogP contribution in [0.5, 0.6) is 0 Å². The monoisotopic (exact) mass is 359 g/mol. The standard InChI is InChI=1S/C15H13BrClF2N/c1-20-15(10-3-5-14(19)13(17)6-10)7-9-2-4-11(18)8-12(9)16/h2-6,8,15,20H,7H2,1H3. The van der Waals surface area contributed by atoms with E-state index in [1.165, 1.54) is 18.2 Å². The van der Waals surface area contributed by atoms with Gasteiger partial charge in [0.05, 0.1) is 5.02 Å². The van der Waals surface area contributed by atoms with Gasteiger partial charge < -0.3 is 5.32 Å². The highest BCUT2D eigenvalue weighted by Crippen LogP contribution is 2.26. The second-order valence-electron chi connectivity index (χ2n) is 4.45. The van der Waals surface area contributed by atoms with E-state index in [-0.39, 0.29) is 16.9 Å². The van der Waals surface area contributed by atoms with E-state index in [0.29, 0.717) is 10.9 Å². The zero-order valence-corrected chi connectivity index (χ0v) is 13.1. The molecule has 20 heavy (non-hydrogen) atoms. The van der Waals surface area contributed by atoms with Crippen LogP contribution in [0.15, 0.2) is 40.9 Å². The van der Waals surface area contributed by atoms with Gasteiger partial charge in [-0.2, -0.15) is 0 Å². The number of halogens is 4. The number of benzene rings is 2. The molecule has 0 aliphatic rings. The smallest absolute Gasteiger partial charge is 0.141 e. The summed E-state index contributed by atoms with van der Waals surface area (Å²) in [5, 5.41) is 3.26.